The molecule has 0 radical (unpaired) electrons. The van der Waals surface area contributed by atoms with E-state index in [0.717, 1.165) is 12.1 Å². The lowest BCUT2D eigenvalue weighted by Gasteiger charge is -2.12. The fourth-order valence-electron chi connectivity index (χ4n) is 1.75. The smallest absolute Gasteiger partial charge is 0.381 e. The van der Waals surface area contributed by atoms with Crippen LogP contribution in [0.4, 0.5) is 23.2 Å². The van der Waals surface area contributed by atoms with Crippen LogP contribution in [-0.4, -0.2) is 0 Å². The van der Waals surface area contributed by atoms with Gasteiger partial charge in [0.05, 0.1) is 5.56 Å². The molecule has 2 rings (SSSR count). The van der Waals surface area contributed by atoms with E-state index in [0.29, 0.717) is 0 Å². The van der Waals surface area contributed by atoms with Gasteiger partial charge in [-0.05, 0) is 30.3 Å². The third kappa shape index (κ3) is 4.02. The van der Waals surface area contributed by atoms with Crippen LogP contribution in [0.3, 0.4) is 0 Å². The maximum Gasteiger partial charge on any atom is 0.416 e. The van der Waals surface area contributed by atoms with Crippen LogP contribution in [0.25, 0.3) is 0 Å². The lowest BCUT2D eigenvalue weighted by atomic mass is 10.1. The van der Waals surface area contributed by atoms with Crippen LogP contribution in [0.1, 0.15) is 11.1 Å². The van der Waals surface area contributed by atoms with Gasteiger partial charge in [-0.1, -0.05) is 29.3 Å². The second-order valence-electron chi connectivity index (χ2n) is 4.28. The van der Waals surface area contributed by atoms with Crippen LogP contribution in [0, 0.1) is 5.82 Å². The van der Waals surface area contributed by atoms with E-state index < -0.39 is 17.6 Å². The van der Waals surface area contributed by atoms with Gasteiger partial charge in [0, 0.05) is 27.8 Å². The summed E-state index contributed by atoms with van der Waals surface area (Å²) in [4.78, 5) is 0. The van der Waals surface area contributed by atoms with Gasteiger partial charge in [0.2, 0.25) is 0 Å². The normalized spacial score (nSPS) is 11.5. The molecule has 0 aliphatic carbocycles. The quantitative estimate of drug-likeness (QED) is 0.701. The summed E-state index contributed by atoms with van der Waals surface area (Å²) in [6.45, 7) is -0.0524. The van der Waals surface area contributed by atoms with Crippen molar-refractivity contribution in [1.29, 1.82) is 0 Å². The Morgan fingerprint density at radius 3 is 2.38 bits per heavy atom. The molecule has 0 aliphatic heterocycles. The van der Waals surface area contributed by atoms with E-state index in [1.807, 2.05) is 0 Å². The Morgan fingerprint density at radius 2 is 1.76 bits per heavy atom. The van der Waals surface area contributed by atoms with Gasteiger partial charge in [0.1, 0.15) is 5.82 Å². The highest BCUT2D eigenvalue weighted by molar-refractivity contribution is 6.31. The largest absolute Gasteiger partial charge is 0.416 e. The molecule has 0 aromatic heterocycles. The molecule has 0 fully saturated rings. The molecule has 1 N–H and O–H groups in total. The number of rotatable bonds is 3. The topological polar surface area (TPSA) is 12.0 Å². The van der Waals surface area contributed by atoms with Gasteiger partial charge in [-0.2, -0.15) is 13.2 Å². The summed E-state index contributed by atoms with van der Waals surface area (Å²) < 4.78 is 51.6. The summed E-state index contributed by atoms with van der Waals surface area (Å²) in [5.74, 6) is -0.534. The van der Waals surface area contributed by atoms with Crippen molar-refractivity contribution >= 4 is 28.9 Å². The predicted molar refractivity (Wildman–Crippen MR) is 75.2 cm³/mol. The van der Waals surface area contributed by atoms with Crippen molar-refractivity contribution in [2.24, 2.45) is 0 Å². The molecule has 1 nitrogen and oxygen atoms in total. The van der Waals surface area contributed by atoms with Crippen molar-refractivity contribution < 1.29 is 17.6 Å². The zero-order chi connectivity index (χ0) is 15.6. The minimum absolute atomic E-state index is 0.0524. The summed E-state index contributed by atoms with van der Waals surface area (Å²) in [6.07, 6.45) is -4.50. The van der Waals surface area contributed by atoms with Gasteiger partial charge in [0.15, 0.2) is 0 Å². The first kappa shape index (κ1) is 15.9. The average Bonchev–Trinajstić information content (AvgIpc) is 2.36. The first-order valence-electron chi connectivity index (χ1n) is 5.82. The zero-order valence-corrected chi connectivity index (χ0v) is 12.0. The zero-order valence-electron chi connectivity index (χ0n) is 10.4. The summed E-state index contributed by atoms with van der Waals surface area (Å²) >= 11 is 11.5. The Morgan fingerprint density at radius 1 is 1.05 bits per heavy atom. The Labute approximate surface area is 128 Å². The van der Waals surface area contributed by atoms with Crippen molar-refractivity contribution in [3.8, 4) is 0 Å². The van der Waals surface area contributed by atoms with Crippen LogP contribution in [0.2, 0.25) is 10.0 Å². The number of anilines is 1. The molecule has 0 bridgehead atoms. The van der Waals surface area contributed by atoms with Crippen molar-refractivity contribution in [2.45, 2.75) is 12.7 Å². The van der Waals surface area contributed by atoms with Crippen molar-refractivity contribution in [3.63, 3.8) is 0 Å². The maximum absolute atomic E-state index is 13.6. The molecule has 21 heavy (non-hydrogen) atoms. The van der Waals surface area contributed by atoms with Crippen molar-refractivity contribution in [3.05, 3.63) is 63.4 Å². The highest BCUT2D eigenvalue weighted by Crippen LogP contribution is 2.33. The molecule has 0 saturated carbocycles. The van der Waals surface area contributed by atoms with Crippen molar-refractivity contribution in [2.75, 3.05) is 5.32 Å². The van der Waals surface area contributed by atoms with Crippen LogP contribution in [0.15, 0.2) is 36.4 Å². The number of halogens is 6. The number of hydrogen-bond acceptors (Lipinski definition) is 1. The Bertz CT molecular complexity index is 636. The third-order valence-electron chi connectivity index (χ3n) is 2.76. The summed E-state index contributed by atoms with van der Waals surface area (Å²) in [5.41, 5.74) is -0.570. The monoisotopic (exact) mass is 337 g/mol. The molecule has 0 saturated heterocycles. The molecule has 0 aliphatic rings. The van der Waals surface area contributed by atoms with E-state index in [1.54, 1.807) is 0 Å². The maximum atomic E-state index is 13.6. The van der Waals surface area contributed by atoms with Gasteiger partial charge in [-0.3, -0.25) is 0 Å². The molecule has 2 aromatic rings. The molecular weight excluding hydrogens is 329 g/mol. The standard InChI is InChI=1S/C14H9Cl2F4N/c15-9-4-8(14(18,19)20)5-10(6-9)21-7-11-12(16)2-1-3-13(11)17/h1-6,21H,7H2. The molecule has 112 valence electrons. The molecule has 0 spiro atoms. The fraction of sp³-hybridized carbons (Fsp3) is 0.143. The van der Waals surface area contributed by atoms with Crippen LogP contribution >= 0.6 is 23.2 Å². The van der Waals surface area contributed by atoms with Crippen LogP contribution in [0.5, 0.6) is 0 Å². The van der Waals surface area contributed by atoms with E-state index in [1.165, 1.54) is 24.3 Å². The Kier molecular flexibility index (Phi) is 4.64. The lowest BCUT2D eigenvalue weighted by Crippen LogP contribution is -2.07. The van der Waals surface area contributed by atoms with Gasteiger partial charge in [-0.25, -0.2) is 4.39 Å². The predicted octanol–water partition coefficient (Wildman–Crippen LogP) is 5.76. The van der Waals surface area contributed by atoms with Crippen LogP contribution < -0.4 is 5.32 Å². The Balaban J connectivity index is 2.23. The van der Waals surface area contributed by atoms with Crippen molar-refractivity contribution in [1.82, 2.24) is 0 Å². The SMILES string of the molecule is Fc1cccc(Cl)c1CNc1cc(Cl)cc(C(F)(F)F)c1. The minimum Gasteiger partial charge on any atom is -0.381 e. The highest BCUT2D eigenvalue weighted by atomic mass is 35.5. The number of nitrogens with one attached hydrogen (secondary N) is 1. The van der Waals surface area contributed by atoms with Gasteiger partial charge >= 0.3 is 6.18 Å². The van der Waals surface area contributed by atoms with E-state index in [4.69, 9.17) is 23.2 Å². The van der Waals surface area contributed by atoms with E-state index >= 15 is 0 Å². The molecule has 0 amide bonds. The first-order valence-corrected chi connectivity index (χ1v) is 6.57. The van der Waals surface area contributed by atoms with Crippen LogP contribution in [-0.2, 0) is 12.7 Å². The van der Waals surface area contributed by atoms with Gasteiger partial charge < -0.3 is 5.32 Å². The van der Waals surface area contributed by atoms with E-state index in [-0.39, 0.29) is 27.8 Å². The van der Waals surface area contributed by atoms with E-state index in [2.05, 4.69) is 5.32 Å². The lowest BCUT2D eigenvalue weighted by molar-refractivity contribution is -0.137. The molecule has 0 atom stereocenters. The second kappa shape index (κ2) is 6.12. The first-order chi connectivity index (χ1) is 9.77. The average molecular weight is 338 g/mol. The summed E-state index contributed by atoms with van der Waals surface area (Å²) in [5, 5.41) is 2.82. The third-order valence-corrected chi connectivity index (χ3v) is 3.33. The number of hydrogen-bond donors (Lipinski definition) is 1. The highest BCUT2D eigenvalue weighted by Gasteiger charge is 2.31. The second-order valence-corrected chi connectivity index (χ2v) is 5.12. The molecule has 2 aromatic carbocycles. The minimum atomic E-state index is -4.50. The number of alkyl halides is 3. The Hall–Kier alpha value is -1.46. The molecule has 0 unspecified atom stereocenters. The molecular formula is C14H9Cl2F4N. The molecule has 0 heterocycles. The fourth-order valence-corrected chi connectivity index (χ4v) is 2.21. The van der Waals surface area contributed by atoms with Gasteiger partial charge in [0.25, 0.3) is 0 Å². The molecule has 7 heteroatoms. The van der Waals surface area contributed by atoms with Gasteiger partial charge in [-0.15, -0.1) is 0 Å². The van der Waals surface area contributed by atoms with E-state index in [9.17, 15) is 17.6 Å². The summed E-state index contributed by atoms with van der Waals surface area (Å²) in [6, 6.07) is 7.22. The summed E-state index contributed by atoms with van der Waals surface area (Å²) in [7, 11) is 0. The number of benzene rings is 2.